The molecule has 1 rings (SSSR count). The standard InChI is InChI=1S/C15H20F3NO3/c1-9(2)13(20)8-14(21)19-10(3)11-5-4-6-12(7-11)22-15(16,17)18/h4-7,9-10,13,20H,8H2,1-3H3,(H,19,21)/t10-,13+/m0/s1. The predicted molar refractivity (Wildman–Crippen MR) is 75.1 cm³/mol. The van der Waals surface area contributed by atoms with E-state index in [0.717, 1.165) is 0 Å². The van der Waals surface area contributed by atoms with Gasteiger partial charge in [-0.3, -0.25) is 4.79 Å². The van der Waals surface area contributed by atoms with Gasteiger partial charge < -0.3 is 15.2 Å². The number of carbonyl (C=O) groups is 1. The van der Waals surface area contributed by atoms with Crippen molar-refractivity contribution in [3.05, 3.63) is 29.8 Å². The van der Waals surface area contributed by atoms with E-state index in [1.165, 1.54) is 18.2 Å². The first-order chi connectivity index (χ1) is 10.1. The van der Waals surface area contributed by atoms with Crippen LogP contribution in [0.1, 0.15) is 38.8 Å². The molecule has 4 nitrogen and oxygen atoms in total. The minimum atomic E-state index is -4.76. The molecule has 0 spiro atoms. The van der Waals surface area contributed by atoms with Gasteiger partial charge >= 0.3 is 6.36 Å². The average molecular weight is 319 g/mol. The monoisotopic (exact) mass is 319 g/mol. The van der Waals surface area contributed by atoms with Crippen LogP contribution in [-0.4, -0.2) is 23.5 Å². The number of nitrogens with one attached hydrogen (secondary N) is 1. The van der Waals surface area contributed by atoms with Gasteiger partial charge in [-0.2, -0.15) is 0 Å². The fraction of sp³-hybridized carbons (Fsp3) is 0.533. The lowest BCUT2D eigenvalue weighted by Gasteiger charge is -2.18. The van der Waals surface area contributed by atoms with E-state index in [1.54, 1.807) is 26.8 Å². The van der Waals surface area contributed by atoms with Crippen molar-refractivity contribution in [1.82, 2.24) is 5.32 Å². The smallest absolute Gasteiger partial charge is 0.406 e. The second-order valence-corrected chi connectivity index (χ2v) is 5.42. The summed E-state index contributed by atoms with van der Waals surface area (Å²) >= 11 is 0. The number of halogens is 3. The molecule has 124 valence electrons. The summed E-state index contributed by atoms with van der Waals surface area (Å²) in [5.74, 6) is -0.756. The van der Waals surface area contributed by atoms with E-state index in [0.29, 0.717) is 5.56 Å². The molecule has 0 saturated heterocycles. The molecule has 2 atom stereocenters. The Labute approximate surface area is 127 Å². The van der Waals surface area contributed by atoms with Crippen molar-refractivity contribution >= 4 is 5.91 Å². The molecule has 0 heterocycles. The molecule has 1 amide bonds. The van der Waals surface area contributed by atoms with Crippen molar-refractivity contribution in [2.24, 2.45) is 5.92 Å². The van der Waals surface area contributed by atoms with Crippen LogP contribution in [0, 0.1) is 5.92 Å². The molecule has 7 heteroatoms. The molecule has 22 heavy (non-hydrogen) atoms. The summed E-state index contributed by atoms with van der Waals surface area (Å²) in [6, 6.07) is 4.92. The number of benzene rings is 1. The van der Waals surface area contributed by atoms with Gasteiger partial charge in [0.2, 0.25) is 5.91 Å². The van der Waals surface area contributed by atoms with Gasteiger partial charge in [-0.05, 0) is 30.5 Å². The average Bonchev–Trinajstić information content (AvgIpc) is 2.36. The molecule has 1 aromatic rings. The summed E-state index contributed by atoms with van der Waals surface area (Å²) < 4.78 is 40.4. The Kier molecular flexibility index (Phi) is 6.22. The molecule has 0 fully saturated rings. The summed E-state index contributed by atoms with van der Waals surface area (Å²) in [7, 11) is 0. The lowest BCUT2D eigenvalue weighted by molar-refractivity contribution is -0.274. The van der Waals surface area contributed by atoms with Crippen LogP contribution in [0.5, 0.6) is 5.75 Å². The van der Waals surface area contributed by atoms with Crippen LogP contribution < -0.4 is 10.1 Å². The number of carbonyl (C=O) groups excluding carboxylic acids is 1. The third kappa shape index (κ3) is 6.34. The molecule has 2 N–H and O–H groups in total. The number of aliphatic hydroxyl groups excluding tert-OH is 1. The highest BCUT2D eigenvalue weighted by molar-refractivity contribution is 5.76. The third-order valence-corrected chi connectivity index (χ3v) is 3.13. The zero-order valence-corrected chi connectivity index (χ0v) is 12.6. The predicted octanol–water partition coefficient (Wildman–Crippen LogP) is 3.17. The van der Waals surface area contributed by atoms with Gasteiger partial charge in [-0.1, -0.05) is 26.0 Å². The third-order valence-electron chi connectivity index (χ3n) is 3.13. The van der Waals surface area contributed by atoms with Crippen LogP contribution in [0.25, 0.3) is 0 Å². The summed E-state index contributed by atoms with van der Waals surface area (Å²) in [6.45, 7) is 5.23. The highest BCUT2D eigenvalue weighted by Gasteiger charge is 2.31. The van der Waals surface area contributed by atoms with Crippen molar-refractivity contribution in [2.45, 2.75) is 45.7 Å². The fourth-order valence-electron chi connectivity index (χ4n) is 1.79. The first kappa shape index (κ1) is 18.3. The second-order valence-electron chi connectivity index (χ2n) is 5.42. The van der Waals surface area contributed by atoms with Gasteiger partial charge in [0.15, 0.2) is 0 Å². The molecule has 0 aliphatic carbocycles. The fourth-order valence-corrected chi connectivity index (χ4v) is 1.79. The van der Waals surface area contributed by atoms with Crippen LogP contribution >= 0.6 is 0 Å². The van der Waals surface area contributed by atoms with E-state index >= 15 is 0 Å². The van der Waals surface area contributed by atoms with E-state index < -0.39 is 18.5 Å². The lowest BCUT2D eigenvalue weighted by Crippen LogP contribution is -2.31. The number of rotatable bonds is 6. The number of alkyl halides is 3. The van der Waals surface area contributed by atoms with Crippen LogP contribution in [0.2, 0.25) is 0 Å². The molecular formula is C15H20F3NO3. The topological polar surface area (TPSA) is 58.6 Å². The summed E-state index contributed by atoms with van der Waals surface area (Å²) in [6.07, 6.45) is -5.57. The Morgan fingerprint density at radius 1 is 1.32 bits per heavy atom. The van der Waals surface area contributed by atoms with Crippen molar-refractivity contribution in [3.8, 4) is 5.75 Å². The molecule has 0 radical (unpaired) electrons. The van der Waals surface area contributed by atoms with Crippen LogP contribution in [0.15, 0.2) is 24.3 Å². The molecule has 0 aliphatic heterocycles. The summed E-state index contributed by atoms with van der Waals surface area (Å²) in [5.41, 5.74) is 0.481. The number of hydrogen-bond donors (Lipinski definition) is 2. The van der Waals surface area contributed by atoms with Gasteiger partial charge in [0, 0.05) is 0 Å². The van der Waals surface area contributed by atoms with E-state index in [4.69, 9.17) is 0 Å². The molecule has 0 unspecified atom stereocenters. The minimum absolute atomic E-state index is 0.0513. The maximum absolute atomic E-state index is 12.2. The first-order valence-electron chi connectivity index (χ1n) is 6.91. The Hall–Kier alpha value is -1.76. The number of ether oxygens (including phenoxy) is 1. The number of aliphatic hydroxyl groups is 1. The van der Waals surface area contributed by atoms with Crippen molar-refractivity contribution in [3.63, 3.8) is 0 Å². The first-order valence-corrected chi connectivity index (χ1v) is 6.91. The highest BCUT2D eigenvalue weighted by atomic mass is 19.4. The second kappa shape index (κ2) is 7.49. The molecular weight excluding hydrogens is 299 g/mol. The quantitative estimate of drug-likeness (QED) is 0.847. The number of amides is 1. The molecule has 1 aromatic carbocycles. The molecule has 0 aromatic heterocycles. The zero-order valence-electron chi connectivity index (χ0n) is 12.6. The molecule has 0 saturated carbocycles. The van der Waals surface area contributed by atoms with Crippen LogP contribution in [0.4, 0.5) is 13.2 Å². The van der Waals surface area contributed by atoms with Gasteiger partial charge in [0.05, 0.1) is 18.6 Å². The highest BCUT2D eigenvalue weighted by Crippen LogP contribution is 2.25. The zero-order chi connectivity index (χ0) is 16.9. The van der Waals surface area contributed by atoms with Crippen LogP contribution in [-0.2, 0) is 4.79 Å². The summed E-state index contributed by atoms with van der Waals surface area (Å²) in [5, 5.41) is 12.3. The van der Waals surface area contributed by atoms with E-state index in [-0.39, 0.29) is 24.0 Å². The molecule has 0 bridgehead atoms. The molecule has 0 aliphatic rings. The largest absolute Gasteiger partial charge is 0.573 e. The van der Waals surface area contributed by atoms with E-state index in [1.807, 2.05) is 0 Å². The van der Waals surface area contributed by atoms with Crippen molar-refractivity contribution in [2.75, 3.05) is 0 Å². The Morgan fingerprint density at radius 3 is 2.50 bits per heavy atom. The van der Waals surface area contributed by atoms with Crippen molar-refractivity contribution in [1.29, 1.82) is 0 Å². The summed E-state index contributed by atoms with van der Waals surface area (Å²) in [4.78, 5) is 11.8. The maximum Gasteiger partial charge on any atom is 0.573 e. The Morgan fingerprint density at radius 2 is 1.95 bits per heavy atom. The van der Waals surface area contributed by atoms with Crippen LogP contribution in [0.3, 0.4) is 0 Å². The Bertz CT molecular complexity index is 503. The lowest BCUT2D eigenvalue weighted by atomic mass is 10.0. The SMILES string of the molecule is CC(C)[C@H](O)CC(=O)N[C@@H](C)c1cccc(OC(F)(F)F)c1. The maximum atomic E-state index is 12.2. The van der Waals surface area contributed by atoms with Gasteiger partial charge in [-0.15, -0.1) is 13.2 Å². The van der Waals surface area contributed by atoms with Gasteiger partial charge in [-0.25, -0.2) is 0 Å². The Balaban J connectivity index is 2.67. The van der Waals surface area contributed by atoms with Crippen molar-refractivity contribution < 1.29 is 27.8 Å². The van der Waals surface area contributed by atoms with Gasteiger partial charge in [0.25, 0.3) is 0 Å². The normalized spacial score (nSPS) is 14.5. The van der Waals surface area contributed by atoms with E-state index in [9.17, 15) is 23.1 Å². The minimum Gasteiger partial charge on any atom is -0.406 e. The number of hydrogen-bond acceptors (Lipinski definition) is 3. The van der Waals surface area contributed by atoms with Gasteiger partial charge in [0.1, 0.15) is 5.75 Å². The van der Waals surface area contributed by atoms with E-state index in [2.05, 4.69) is 10.1 Å².